The topological polar surface area (TPSA) is 94.5 Å². The van der Waals surface area contributed by atoms with E-state index < -0.39 is 11.7 Å². The molecular formula is C14H12F3N7. The van der Waals surface area contributed by atoms with Crippen LogP contribution in [0.3, 0.4) is 0 Å². The van der Waals surface area contributed by atoms with E-state index in [2.05, 4.69) is 25.4 Å². The molecule has 0 aliphatic heterocycles. The second-order valence-electron chi connectivity index (χ2n) is 4.93. The number of nitrogens with two attached hydrogens (primary N) is 1. The lowest BCUT2D eigenvalue weighted by Gasteiger charge is -2.10. The Balaban J connectivity index is 1.97. The summed E-state index contributed by atoms with van der Waals surface area (Å²) < 4.78 is 39.8. The van der Waals surface area contributed by atoms with Crippen molar-refractivity contribution in [2.75, 3.05) is 11.1 Å². The molecule has 24 heavy (non-hydrogen) atoms. The van der Waals surface area contributed by atoms with E-state index in [0.717, 1.165) is 16.8 Å². The Kier molecular flexibility index (Phi) is 3.80. The zero-order valence-corrected chi connectivity index (χ0v) is 12.4. The van der Waals surface area contributed by atoms with E-state index in [4.69, 9.17) is 5.73 Å². The van der Waals surface area contributed by atoms with Crippen molar-refractivity contribution in [3.8, 4) is 5.82 Å². The van der Waals surface area contributed by atoms with Gasteiger partial charge in [0.15, 0.2) is 5.82 Å². The van der Waals surface area contributed by atoms with Gasteiger partial charge in [-0.05, 0) is 31.2 Å². The van der Waals surface area contributed by atoms with Crippen molar-refractivity contribution in [3.05, 3.63) is 47.9 Å². The Morgan fingerprint density at radius 3 is 2.67 bits per heavy atom. The van der Waals surface area contributed by atoms with Gasteiger partial charge in [0.2, 0.25) is 11.9 Å². The van der Waals surface area contributed by atoms with Gasteiger partial charge in [-0.1, -0.05) is 0 Å². The number of nitrogens with zero attached hydrogens (tertiary/aromatic N) is 5. The fourth-order valence-electron chi connectivity index (χ4n) is 2.03. The van der Waals surface area contributed by atoms with Crippen LogP contribution in [0.4, 0.5) is 30.8 Å². The van der Waals surface area contributed by atoms with Crippen molar-refractivity contribution in [1.82, 2.24) is 24.7 Å². The Bertz CT molecular complexity index is 859. The molecule has 7 nitrogen and oxygen atoms in total. The highest BCUT2D eigenvalue weighted by Crippen LogP contribution is 2.30. The first kappa shape index (κ1) is 15.7. The van der Waals surface area contributed by atoms with Gasteiger partial charge in [-0.25, -0.2) is 4.98 Å². The quantitative estimate of drug-likeness (QED) is 0.764. The van der Waals surface area contributed by atoms with Crippen LogP contribution in [-0.4, -0.2) is 24.7 Å². The van der Waals surface area contributed by atoms with Crippen LogP contribution in [0.2, 0.25) is 0 Å². The summed E-state index contributed by atoms with van der Waals surface area (Å²) in [7, 11) is 0. The van der Waals surface area contributed by atoms with Crippen molar-refractivity contribution in [1.29, 1.82) is 0 Å². The minimum Gasteiger partial charge on any atom is -0.368 e. The number of aryl methyl sites for hydroxylation is 1. The minimum absolute atomic E-state index is 0.0634. The van der Waals surface area contributed by atoms with E-state index in [-0.39, 0.29) is 23.4 Å². The fourth-order valence-corrected chi connectivity index (χ4v) is 2.03. The molecule has 0 fully saturated rings. The highest BCUT2D eigenvalue weighted by Gasteiger charge is 2.31. The average molecular weight is 335 g/mol. The van der Waals surface area contributed by atoms with E-state index in [1.807, 2.05) is 0 Å². The molecule has 3 heterocycles. The maximum atomic E-state index is 12.9. The van der Waals surface area contributed by atoms with Crippen molar-refractivity contribution >= 4 is 17.6 Å². The first-order valence-electron chi connectivity index (χ1n) is 6.79. The maximum absolute atomic E-state index is 12.9. The van der Waals surface area contributed by atoms with Crippen molar-refractivity contribution < 1.29 is 13.2 Å². The number of hydrogen-bond donors (Lipinski definition) is 2. The van der Waals surface area contributed by atoms with E-state index in [9.17, 15) is 13.2 Å². The Morgan fingerprint density at radius 2 is 2.00 bits per heavy atom. The molecule has 0 spiro atoms. The van der Waals surface area contributed by atoms with Crippen LogP contribution in [0.5, 0.6) is 0 Å². The van der Waals surface area contributed by atoms with Gasteiger partial charge in [-0.3, -0.25) is 4.98 Å². The third kappa shape index (κ3) is 3.26. The van der Waals surface area contributed by atoms with Crippen molar-refractivity contribution in [3.63, 3.8) is 0 Å². The zero-order chi connectivity index (χ0) is 17.3. The summed E-state index contributed by atoms with van der Waals surface area (Å²) in [6.45, 7) is 1.46. The van der Waals surface area contributed by atoms with Crippen LogP contribution in [-0.2, 0) is 6.18 Å². The van der Waals surface area contributed by atoms with Gasteiger partial charge in [0.05, 0.1) is 17.4 Å². The fraction of sp³-hybridized carbons (Fsp3) is 0.143. The Labute approximate surface area is 134 Å². The molecule has 0 atom stereocenters. The van der Waals surface area contributed by atoms with E-state index in [0.29, 0.717) is 5.69 Å². The summed E-state index contributed by atoms with van der Waals surface area (Å²) in [5, 5.41) is 6.91. The van der Waals surface area contributed by atoms with Gasteiger partial charge in [-0.15, -0.1) is 5.10 Å². The van der Waals surface area contributed by atoms with E-state index in [1.165, 1.54) is 6.92 Å². The predicted molar refractivity (Wildman–Crippen MR) is 80.8 cm³/mol. The number of nitrogen functional groups attached to an aromatic ring is 1. The molecule has 0 saturated heterocycles. The highest BCUT2D eigenvalue weighted by atomic mass is 19.4. The SMILES string of the molecule is Cc1cc(C(F)(F)F)cc(-n2nc(Nc3cccnc3)nc2N)n1. The maximum Gasteiger partial charge on any atom is 0.416 e. The third-order valence-electron chi connectivity index (χ3n) is 3.03. The molecule has 0 aliphatic carbocycles. The lowest BCUT2D eigenvalue weighted by Crippen LogP contribution is -2.11. The summed E-state index contributed by atoms with van der Waals surface area (Å²) in [4.78, 5) is 11.9. The van der Waals surface area contributed by atoms with Crippen LogP contribution in [0.1, 0.15) is 11.3 Å². The molecule has 3 aromatic heterocycles. The molecule has 0 aromatic carbocycles. The molecule has 3 N–H and O–H groups in total. The minimum atomic E-state index is -4.49. The van der Waals surface area contributed by atoms with Gasteiger partial charge < -0.3 is 11.1 Å². The molecule has 0 bridgehead atoms. The van der Waals surface area contributed by atoms with Crippen LogP contribution < -0.4 is 11.1 Å². The standard InChI is InChI=1S/C14H12F3N7/c1-8-5-9(14(15,16)17)6-11(20-8)24-12(18)22-13(23-24)21-10-3-2-4-19-7-10/h2-7H,1H3,(H3,18,21,22,23). The summed E-state index contributed by atoms with van der Waals surface area (Å²) in [5.74, 6) is -0.0310. The van der Waals surface area contributed by atoms with Crippen molar-refractivity contribution in [2.45, 2.75) is 13.1 Å². The van der Waals surface area contributed by atoms with Gasteiger partial charge in [0.25, 0.3) is 0 Å². The van der Waals surface area contributed by atoms with Gasteiger partial charge in [-0.2, -0.15) is 22.8 Å². The molecule has 0 unspecified atom stereocenters. The molecule has 3 aromatic rings. The number of aromatic nitrogens is 5. The molecule has 0 radical (unpaired) electrons. The lowest BCUT2D eigenvalue weighted by molar-refractivity contribution is -0.137. The van der Waals surface area contributed by atoms with Gasteiger partial charge >= 0.3 is 6.18 Å². The molecule has 3 rings (SSSR count). The molecule has 0 aliphatic rings. The van der Waals surface area contributed by atoms with E-state index in [1.54, 1.807) is 24.5 Å². The number of halogens is 3. The summed E-state index contributed by atoms with van der Waals surface area (Å²) in [6, 6.07) is 5.26. The number of pyridine rings is 2. The number of nitrogens with one attached hydrogen (secondary N) is 1. The molecular weight excluding hydrogens is 323 g/mol. The predicted octanol–water partition coefficient (Wildman–Crippen LogP) is 2.71. The largest absolute Gasteiger partial charge is 0.416 e. The first-order chi connectivity index (χ1) is 11.3. The summed E-state index contributed by atoms with van der Waals surface area (Å²) >= 11 is 0. The number of anilines is 3. The second kappa shape index (κ2) is 5.80. The van der Waals surface area contributed by atoms with Crippen LogP contribution in [0, 0.1) is 6.92 Å². The van der Waals surface area contributed by atoms with Crippen molar-refractivity contribution in [2.24, 2.45) is 0 Å². The van der Waals surface area contributed by atoms with Gasteiger partial charge in [0, 0.05) is 11.9 Å². The second-order valence-corrected chi connectivity index (χ2v) is 4.93. The molecule has 0 saturated carbocycles. The highest BCUT2D eigenvalue weighted by molar-refractivity contribution is 5.53. The molecule has 10 heteroatoms. The summed E-state index contributed by atoms with van der Waals surface area (Å²) in [6.07, 6.45) is -1.35. The monoisotopic (exact) mass is 335 g/mol. The first-order valence-corrected chi connectivity index (χ1v) is 6.79. The Hall–Kier alpha value is -3.17. The average Bonchev–Trinajstić information content (AvgIpc) is 2.87. The smallest absolute Gasteiger partial charge is 0.368 e. The third-order valence-corrected chi connectivity index (χ3v) is 3.03. The number of alkyl halides is 3. The van der Waals surface area contributed by atoms with Crippen LogP contribution in [0.25, 0.3) is 5.82 Å². The van der Waals surface area contributed by atoms with Crippen LogP contribution in [0.15, 0.2) is 36.7 Å². The summed E-state index contributed by atoms with van der Waals surface area (Å²) in [5.41, 5.74) is 5.72. The molecule has 124 valence electrons. The number of hydrogen-bond acceptors (Lipinski definition) is 6. The van der Waals surface area contributed by atoms with Gasteiger partial charge in [0.1, 0.15) is 0 Å². The zero-order valence-electron chi connectivity index (χ0n) is 12.4. The number of rotatable bonds is 3. The Morgan fingerprint density at radius 1 is 1.21 bits per heavy atom. The van der Waals surface area contributed by atoms with E-state index >= 15 is 0 Å². The normalized spacial score (nSPS) is 11.5. The van der Waals surface area contributed by atoms with Crippen LogP contribution >= 0.6 is 0 Å². The molecule has 0 amide bonds. The lowest BCUT2D eigenvalue weighted by atomic mass is 10.2.